The molecule has 0 spiro atoms. The van der Waals surface area contributed by atoms with Crippen molar-refractivity contribution in [1.29, 1.82) is 0 Å². The van der Waals surface area contributed by atoms with Crippen molar-refractivity contribution in [2.75, 3.05) is 27.2 Å². The van der Waals surface area contributed by atoms with E-state index in [1.807, 2.05) is 19.1 Å². The highest BCUT2D eigenvalue weighted by Crippen LogP contribution is 2.32. The maximum atomic E-state index is 12.3. The second-order valence-corrected chi connectivity index (χ2v) is 9.00. The number of likely N-dealkylation sites (N-methyl/N-ethyl adjacent to an activating group) is 1. The highest BCUT2D eigenvalue weighted by atomic mass is 16.3. The molecule has 7 heteroatoms. The number of aromatic nitrogens is 2. The van der Waals surface area contributed by atoms with Crippen LogP contribution in [-0.4, -0.2) is 64.0 Å². The smallest absolute Gasteiger partial charge is 0.262 e. The number of aryl methyl sites for hydroxylation is 1. The van der Waals surface area contributed by atoms with Crippen LogP contribution in [0.15, 0.2) is 29.1 Å². The molecule has 7 nitrogen and oxygen atoms in total. The minimum Gasteiger partial charge on any atom is -0.507 e. The first-order chi connectivity index (χ1) is 15.3. The summed E-state index contributed by atoms with van der Waals surface area (Å²) in [5.41, 5.74) is 3.55. The van der Waals surface area contributed by atoms with Gasteiger partial charge in [0.05, 0.1) is 5.69 Å². The van der Waals surface area contributed by atoms with Crippen LogP contribution in [0.5, 0.6) is 5.75 Å². The van der Waals surface area contributed by atoms with Crippen molar-refractivity contribution in [2.45, 2.75) is 38.8 Å². The first-order valence-corrected chi connectivity index (χ1v) is 11.2. The van der Waals surface area contributed by atoms with Crippen molar-refractivity contribution in [3.8, 4) is 17.0 Å². The molecular formula is C25H32N4O3. The van der Waals surface area contributed by atoms with E-state index in [2.05, 4.69) is 52.6 Å². The van der Waals surface area contributed by atoms with Gasteiger partial charge < -0.3 is 19.6 Å². The Morgan fingerprint density at radius 3 is 2.75 bits per heavy atom. The molecule has 1 unspecified atom stereocenters. The van der Waals surface area contributed by atoms with Gasteiger partial charge in [-0.05, 0) is 63.7 Å². The summed E-state index contributed by atoms with van der Waals surface area (Å²) < 4.78 is 2.23. The van der Waals surface area contributed by atoms with Crippen molar-refractivity contribution < 1.29 is 9.90 Å². The first kappa shape index (κ1) is 22.3. The van der Waals surface area contributed by atoms with Gasteiger partial charge in [0.2, 0.25) is 0 Å². The minimum absolute atomic E-state index is 0.216. The van der Waals surface area contributed by atoms with E-state index in [1.54, 1.807) is 0 Å². The zero-order valence-electron chi connectivity index (χ0n) is 19.3. The van der Waals surface area contributed by atoms with Gasteiger partial charge in [-0.15, -0.1) is 0 Å². The van der Waals surface area contributed by atoms with E-state index >= 15 is 0 Å². The van der Waals surface area contributed by atoms with Crippen molar-refractivity contribution in [2.24, 2.45) is 7.05 Å². The fraction of sp³-hybridized carbons (Fsp3) is 0.440. The van der Waals surface area contributed by atoms with Crippen molar-refractivity contribution in [1.82, 2.24) is 19.4 Å². The third-order valence-electron chi connectivity index (χ3n) is 6.82. The molecule has 1 aliphatic rings. The molecule has 1 saturated heterocycles. The number of likely N-dealkylation sites (tertiary alicyclic amines) is 1. The van der Waals surface area contributed by atoms with Crippen molar-refractivity contribution >= 4 is 17.2 Å². The number of benzene rings is 1. The number of aromatic amines is 1. The SMILES string of the molecule is CCc1c(-c2ccc3c(c2)cc(CN2CCCC(N(C)C)C2)n3C)[nH]c(=O)c(C=O)c1O. The Morgan fingerprint density at radius 2 is 2.06 bits per heavy atom. The zero-order valence-corrected chi connectivity index (χ0v) is 19.3. The van der Waals surface area contributed by atoms with E-state index in [1.165, 1.54) is 18.5 Å². The highest BCUT2D eigenvalue weighted by Gasteiger charge is 2.22. The monoisotopic (exact) mass is 436 g/mol. The predicted molar refractivity (Wildman–Crippen MR) is 127 cm³/mol. The number of hydrogen-bond acceptors (Lipinski definition) is 5. The van der Waals surface area contributed by atoms with Gasteiger partial charge in [0.25, 0.3) is 5.56 Å². The summed E-state index contributed by atoms with van der Waals surface area (Å²) in [5.74, 6) is -0.226. The molecule has 4 rings (SSSR count). The number of nitrogens with one attached hydrogen (secondary N) is 1. The molecule has 170 valence electrons. The Labute approximate surface area is 188 Å². The maximum absolute atomic E-state index is 12.3. The molecule has 1 aliphatic heterocycles. The van der Waals surface area contributed by atoms with E-state index in [0.717, 1.165) is 36.1 Å². The van der Waals surface area contributed by atoms with Crippen molar-refractivity contribution in [3.05, 3.63) is 51.4 Å². The Bertz CT molecular complexity index is 1210. The second kappa shape index (κ2) is 8.92. The van der Waals surface area contributed by atoms with Gasteiger partial charge in [-0.2, -0.15) is 0 Å². The molecule has 3 aromatic rings. The lowest BCUT2D eigenvalue weighted by Crippen LogP contribution is -2.44. The van der Waals surface area contributed by atoms with E-state index in [-0.39, 0.29) is 11.3 Å². The Balaban J connectivity index is 1.69. The topological polar surface area (TPSA) is 81.6 Å². The summed E-state index contributed by atoms with van der Waals surface area (Å²) in [5, 5.41) is 11.5. The average Bonchev–Trinajstić information content (AvgIpc) is 3.08. The van der Waals surface area contributed by atoms with Gasteiger partial charge >= 0.3 is 0 Å². The molecule has 2 aromatic heterocycles. The normalized spacial score (nSPS) is 17.3. The molecule has 0 radical (unpaired) electrons. The quantitative estimate of drug-likeness (QED) is 0.580. The number of aldehydes is 1. The van der Waals surface area contributed by atoms with Crippen LogP contribution in [0.2, 0.25) is 0 Å². The molecule has 1 fully saturated rings. The van der Waals surface area contributed by atoms with Gasteiger partial charge in [0.1, 0.15) is 11.3 Å². The van der Waals surface area contributed by atoms with Gasteiger partial charge in [-0.1, -0.05) is 13.0 Å². The van der Waals surface area contributed by atoms with E-state index in [9.17, 15) is 14.7 Å². The Morgan fingerprint density at radius 1 is 1.28 bits per heavy atom. The summed E-state index contributed by atoms with van der Waals surface area (Å²) in [6.45, 7) is 4.98. The zero-order chi connectivity index (χ0) is 23.0. The van der Waals surface area contributed by atoms with Crippen LogP contribution in [-0.2, 0) is 20.0 Å². The average molecular weight is 437 g/mol. The van der Waals surface area contributed by atoms with Gasteiger partial charge in [0.15, 0.2) is 6.29 Å². The van der Waals surface area contributed by atoms with E-state index in [4.69, 9.17) is 0 Å². The lowest BCUT2D eigenvalue weighted by molar-refractivity contribution is 0.111. The molecule has 1 atom stereocenters. The second-order valence-electron chi connectivity index (χ2n) is 9.00. The molecular weight excluding hydrogens is 404 g/mol. The van der Waals surface area contributed by atoms with Crippen LogP contribution < -0.4 is 5.56 Å². The number of pyridine rings is 1. The summed E-state index contributed by atoms with van der Waals surface area (Å²) in [6.07, 6.45) is 3.37. The van der Waals surface area contributed by atoms with Crippen LogP contribution in [0.3, 0.4) is 0 Å². The summed E-state index contributed by atoms with van der Waals surface area (Å²) >= 11 is 0. The molecule has 0 aliphatic carbocycles. The van der Waals surface area contributed by atoms with Crippen LogP contribution in [0.4, 0.5) is 0 Å². The van der Waals surface area contributed by atoms with Crippen molar-refractivity contribution in [3.63, 3.8) is 0 Å². The van der Waals surface area contributed by atoms with Crippen LogP contribution >= 0.6 is 0 Å². The maximum Gasteiger partial charge on any atom is 0.262 e. The van der Waals surface area contributed by atoms with Gasteiger partial charge in [-0.3, -0.25) is 14.5 Å². The molecule has 32 heavy (non-hydrogen) atoms. The standard InChI is InChI=1S/C25H32N4O3/c1-5-20-23(26-25(32)21(15-30)24(20)31)16-8-9-22-17(11-16)12-19(28(22)4)14-29-10-6-7-18(13-29)27(2)3/h8-9,11-12,15,18H,5-7,10,13-14H2,1-4H3,(H2,26,31,32). The van der Waals surface area contributed by atoms with E-state index < -0.39 is 5.56 Å². The summed E-state index contributed by atoms with van der Waals surface area (Å²) in [6, 6.07) is 8.86. The number of carbonyl (C=O) groups is 1. The largest absolute Gasteiger partial charge is 0.507 e. The number of carbonyl (C=O) groups excluding carboxylic acids is 1. The van der Waals surface area contributed by atoms with Crippen LogP contribution in [0.1, 0.15) is 41.4 Å². The molecule has 1 aromatic carbocycles. The van der Waals surface area contributed by atoms with E-state index in [0.29, 0.717) is 30.0 Å². The third-order valence-corrected chi connectivity index (χ3v) is 6.82. The molecule has 0 saturated carbocycles. The number of hydrogen-bond donors (Lipinski definition) is 2. The third kappa shape index (κ3) is 3.98. The number of fused-ring (bicyclic) bond motifs is 1. The van der Waals surface area contributed by atoms with Crippen LogP contribution in [0.25, 0.3) is 22.2 Å². The number of H-pyrrole nitrogens is 1. The number of piperidine rings is 1. The molecule has 2 N–H and O–H groups in total. The molecule has 0 bridgehead atoms. The lowest BCUT2D eigenvalue weighted by Gasteiger charge is -2.36. The highest BCUT2D eigenvalue weighted by molar-refractivity contribution is 5.88. The van der Waals surface area contributed by atoms with Gasteiger partial charge in [-0.25, -0.2) is 0 Å². The van der Waals surface area contributed by atoms with Gasteiger partial charge in [0, 0.05) is 48.3 Å². The molecule has 3 heterocycles. The Hall–Kier alpha value is -2.90. The minimum atomic E-state index is -0.570. The lowest BCUT2D eigenvalue weighted by atomic mass is 10.00. The molecule has 0 amide bonds. The van der Waals surface area contributed by atoms with Crippen LogP contribution in [0, 0.1) is 0 Å². The number of nitrogens with zero attached hydrogens (tertiary/aromatic N) is 3. The summed E-state index contributed by atoms with van der Waals surface area (Å²) in [4.78, 5) is 31.1. The first-order valence-electron chi connectivity index (χ1n) is 11.2. The number of rotatable bonds is 6. The number of aromatic hydroxyl groups is 1. The Kier molecular flexibility index (Phi) is 6.22. The predicted octanol–water partition coefficient (Wildman–Crippen LogP) is 3.14. The summed E-state index contributed by atoms with van der Waals surface area (Å²) in [7, 11) is 6.40. The fourth-order valence-electron chi connectivity index (χ4n) is 4.88. The fourth-order valence-corrected chi connectivity index (χ4v) is 4.88.